The Labute approximate surface area is 67.2 Å². The fourth-order valence-electron chi connectivity index (χ4n) is 0.527. The Morgan fingerprint density at radius 2 is 2.18 bits per heavy atom. The van der Waals surface area contributed by atoms with Gasteiger partial charge in [0.25, 0.3) is 0 Å². The van der Waals surface area contributed by atoms with Gasteiger partial charge in [-0.3, -0.25) is 0 Å². The van der Waals surface area contributed by atoms with Crippen LogP contribution in [0.25, 0.3) is 0 Å². The summed E-state index contributed by atoms with van der Waals surface area (Å²) in [5.74, 6) is -0.339. The smallest absolute Gasteiger partial charge is 0.330 e. The van der Waals surface area contributed by atoms with Crippen molar-refractivity contribution in [1.82, 2.24) is 0 Å². The summed E-state index contributed by atoms with van der Waals surface area (Å²) >= 11 is 0. The van der Waals surface area contributed by atoms with E-state index >= 15 is 0 Å². The second-order valence-electron chi connectivity index (χ2n) is 3.12. The SMILES string of the molecule is COC(=O)/C=C/CC(C)(C)N. The van der Waals surface area contributed by atoms with E-state index in [1.54, 1.807) is 6.08 Å². The Hall–Kier alpha value is -0.830. The molecule has 0 aromatic carbocycles. The molecule has 0 radical (unpaired) electrons. The predicted octanol–water partition coefficient (Wildman–Crippen LogP) is 0.843. The standard InChI is InChI=1S/C8H15NO2/c1-8(2,9)6-4-5-7(10)11-3/h4-5H,6,9H2,1-3H3/b5-4+. The van der Waals surface area contributed by atoms with Crippen molar-refractivity contribution in [2.24, 2.45) is 5.73 Å². The lowest BCUT2D eigenvalue weighted by Crippen LogP contribution is -2.30. The van der Waals surface area contributed by atoms with Crippen LogP contribution in [0.1, 0.15) is 20.3 Å². The summed E-state index contributed by atoms with van der Waals surface area (Å²) < 4.78 is 4.40. The highest BCUT2D eigenvalue weighted by molar-refractivity contribution is 5.81. The second-order valence-corrected chi connectivity index (χ2v) is 3.12. The third kappa shape index (κ3) is 7.06. The molecule has 0 unspecified atom stereocenters. The van der Waals surface area contributed by atoms with E-state index < -0.39 is 0 Å². The lowest BCUT2D eigenvalue weighted by molar-refractivity contribution is -0.134. The van der Waals surface area contributed by atoms with Crippen LogP contribution >= 0.6 is 0 Å². The van der Waals surface area contributed by atoms with E-state index in [9.17, 15) is 4.79 Å². The van der Waals surface area contributed by atoms with Gasteiger partial charge in [-0.25, -0.2) is 4.79 Å². The van der Waals surface area contributed by atoms with Crippen LogP contribution < -0.4 is 5.73 Å². The molecule has 0 aromatic rings. The summed E-state index contributed by atoms with van der Waals surface area (Å²) in [7, 11) is 1.35. The van der Waals surface area contributed by atoms with Crippen LogP contribution in [-0.2, 0) is 9.53 Å². The molecule has 0 spiro atoms. The molecule has 0 atom stereocenters. The molecule has 0 fully saturated rings. The molecular weight excluding hydrogens is 142 g/mol. The number of nitrogens with two attached hydrogens (primary N) is 1. The molecule has 0 saturated carbocycles. The van der Waals surface area contributed by atoms with Gasteiger partial charge in [-0.15, -0.1) is 0 Å². The van der Waals surface area contributed by atoms with E-state index in [1.165, 1.54) is 13.2 Å². The van der Waals surface area contributed by atoms with E-state index in [0.717, 1.165) is 0 Å². The van der Waals surface area contributed by atoms with E-state index in [-0.39, 0.29) is 11.5 Å². The number of carbonyl (C=O) groups is 1. The van der Waals surface area contributed by atoms with Crippen molar-refractivity contribution in [2.45, 2.75) is 25.8 Å². The summed E-state index contributed by atoms with van der Waals surface area (Å²) in [4.78, 5) is 10.5. The number of ether oxygens (including phenoxy) is 1. The van der Waals surface area contributed by atoms with Crippen molar-refractivity contribution < 1.29 is 9.53 Å². The van der Waals surface area contributed by atoms with E-state index in [2.05, 4.69) is 4.74 Å². The molecule has 11 heavy (non-hydrogen) atoms. The van der Waals surface area contributed by atoms with Crippen molar-refractivity contribution in [3.63, 3.8) is 0 Å². The number of hydrogen-bond acceptors (Lipinski definition) is 3. The lowest BCUT2D eigenvalue weighted by Gasteiger charge is -2.14. The summed E-state index contributed by atoms with van der Waals surface area (Å²) in [6, 6.07) is 0. The van der Waals surface area contributed by atoms with Crippen molar-refractivity contribution in [3.8, 4) is 0 Å². The molecule has 0 heterocycles. The third-order valence-electron chi connectivity index (χ3n) is 1.10. The highest BCUT2D eigenvalue weighted by Gasteiger charge is 2.06. The van der Waals surface area contributed by atoms with Gasteiger partial charge in [0.1, 0.15) is 0 Å². The van der Waals surface area contributed by atoms with Crippen LogP contribution in [0.2, 0.25) is 0 Å². The monoisotopic (exact) mass is 157 g/mol. The number of methoxy groups -OCH3 is 1. The number of esters is 1. The van der Waals surface area contributed by atoms with Crippen molar-refractivity contribution in [3.05, 3.63) is 12.2 Å². The highest BCUT2D eigenvalue weighted by Crippen LogP contribution is 2.03. The normalized spacial score (nSPS) is 12.0. The van der Waals surface area contributed by atoms with Crippen molar-refractivity contribution >= 4 is 5.97 Å². The van der Waals surface area contributed by atoms with Gasteiger partial charge in [-0.05, 0) is 20.3 Å². The van der Waals surface area contributed by atoms with Crippen LogP contribution in [-0.4, -0.2) is 18.6 Å². The van der Waals surface area contributed by atoms with Gasteiger partial charge in [-0.2, -0.15) is 0 Å². The highest BCUT2D eigenvalue weighted by atomic mass is 16.5. The van der Waals surface area contributed by atoms with Gasteiger partial charge < -0.3 is 10.5 Å². The van der Waals surface area contributed by atoms with Crippen molar-refractivity contribution in [1.29, 1.82) is 0 Å². The molecule has 2 N–H and O–H groups in total. The molecule has 0 rings (SSSR count). The molecule has 0 amide bonds. The average Bonchev–Trinajstić information content (AvgIpc) is 1.85. The van der Waals surface area contributed by atoms with E-state index in [1.807, 2.05) is 13.8 Å². The zero-order chi connectivity index (χ0) is 8.91. The Balaban J connectivity index is 3.70. The fraction of sp³-hybridized carbons (Fsp3) is 0.625. The summed E-state index contributed by atoms with van der Waals surface area (Å²) in [6.07, 6.45) is 3.77. The first-order valence-electron chi connectivity index (χ1n) is 3.49. The van der Waals surface area contributed by atoms with Crippen LogP contribution in [0.4, 0.5) is 0 Å². The Kier molecular flexibility index (Phi) is 3.82. The maximum Gasteiger partial charge on any atom is 0.330 e. The number of hydrogen-bond donors (Lipinski definition) is 1. The molecule has 64 valence electrons. The van der Waals surface area contributed by atoms with Crippen LogP contribution in [0.5, 0.6) is 0 Å². The molecule has 3 heteroatoms. The molecule has 0 saturated heterocycles. The molecule has 3 nitrogen and oxygen atoms in total. The first-order chi connectivity index (χ1) is 4.95. The lowest BCUT2D eigenvalue weighted by atomic mass is 10.0. The average molecular weight is 157 g/mol. The van der Waals surface area contributed by atoms with E-state index in [4.69, 9.17) is 5.73 Å². The quantitative estimate of drug-likeness (QED) is 0.488. The van der Waals surface area contributed by atoms with Gasteiger partial charge in [0.15, 0.2) is 0 Å². The Morgan fingerprint density at radius 3 is 2.55 bits per heavy atom. The van der Waals surface area contributed by atoms with Gasteiger partial charge in [-0.1, -0.05) is 6.08 Å². The molecular formula is C8H15NO2. The predicted molar refractivity (Wildman–Crippen MR) is 44.0 cm³/mol. The summed E-state index contributed by atoms with van der Waals surface area (Å²) in [5.41, 5.74) is 5.40. The number of rotatable bonds is 3. The maximum absolute atomic E-state index is 10.5. The largest absolute Gasteiger partial charge is 0.466 e. The minimum absolute atomic E-state index is 0.259. The summed E-state index contributed by atoms with van der Waals surface area (Å²) in [5, 5.41) is 0. The Morgan fingerprint density at radius 1 is 1.64 bits per heavy atom. The molecule has 0 aromatic heterocycles. The van der Waals surface area contributed by atoms with E-state index in [0.29, 0.717) is 6.42 Å². The van der Waals surface area contributed by atoms with Crippen LogP contribution in [0.15, 0.2) is 12.2 Å². The zero-order valence-electron chi connectivity index (χ0n) is 7.26. The maximum atomic E-state index is 10.5. The molecule has 0 aliphatic heterocycles. The van der Waals surface area contributed by atoms with Gasteiger partial charge in [0.2, 0.25) is 0 Å². The first-order valence-corrected chi connectivity index (χ1v) is 3.49. The van der Waals surface area contributed by atoms with Crippen molar-refractivity contribution in [2.75, 3.05) is 7.11 Å². The molecule has 0 aliphatic carbocycles. The third-order valence-corrected chi connectivity index (χ3v) is 1.10. The van der Waals surface area contributed by atoms with Gasteiger partial charge in [0, 0.05) is 11.6 Å². The van der Waals surface area contributed by atoms with Gasteiger partial charge in [0.05, 0.1) is 7.11 Å². The summed E-state index contributed by atoms with van der Waals surface area (Å²) in [6.45, 7) is 3.79. The minimum atomic E-state index is -0.339. The fourth-order valence-corrected chi connectivity index (χ4v) is 0.527. The zero-order valence-corrected chi connectivity index (χ0v) is 7.26. The minimum Gasteiger partial charge on any atom is -0.466 e. The topological polar surface area (TPSA) is 52.3 Å². The molecule has 0 aliphatic rings. The second kappa shape index (κ2) is 4.13. The van der Waals surface area contributed by atoms with Gasteiger partial charge >= 0.3 is 5.97 Å². The number of carbonyl (C=O) groups excluding carboxylic acids is 1. The van der Waals surface area contributed by atoms with Crippen LogP contribution in [0, 0.1) is 0 Å². The first kappa shape index (κ1) is 10.2. The van der Waals surface area contributed by atoms with Crippen LogP contribution in [0.3, 0.4) is 0 Å². The molecule has 0 bridgehead atoms. The Bertz CT molecular complexity index is 156.